The van der Waals surface area contributed by atoms with Crippen LogP contribution in [0.2, 0.25) is 0 Å². The summed E-state index contributed by atoms with van der Waals surface area (Å²) in [5.41, 5.74) is 1.19. The minimum atomic E-state index is -0.744. The second kappa shape index (κ2) is 7.95. The summed E-state index contributed by atoms with van der Waals surface area (Å²) < 4.78 is 27.1. The van der Waals surface area contributed by atoms with Gasteiger partial charge in [-0.3, -0.25) is 9.59 Å². The fourth-order valence-electron chi connectivity index (χ4n) is 3.04. The summed E-state index contributed by atoms with van der Waals surface area (Å²) in [5, 5.41) is 2.69. The highest BCUT2D eigenvalue weighted by Crippen LogP contribution is 2.31. The molecule has 1 aliphatic heterocycles. The highest BCUT2D eigenvalue weighted by molar-refractivity contribution is 9.10. The Labute approximate surface area is 158 Å². The van der Waals surface area contributed by atoms with Gasteiger partial charge < -0.3 is 10.2 Å². The molecule has 1 atom stereocenters. The van der Waals surface area contributed by atoms with Crippen molar-refractivity contribution >= 4 is 33.4 Å². The van der Waals surface area contributed by atoms with Gasteiger partial charge in [-0.1, -0.05) is 12.1 Å². The molecule has 1 fully saturated rings. The molecule has 0 aromatic heterocycles. The van der Waals surface area contributed by atoms with E-state index in [1.807, 2.05) is 24.3 Å². The monoisotopic (exact) mass is 422 g/mol. The first kappa shape index (κ1) is 18.5. The highest BCUT2D eigenvalue weighted by atomic mass is 79.9. The first-order chi connectivity index (χ1) is 12.5. The molecule has 26 heavy (non-hydrogen) atoms. The summed E-state index contributed by atoms with van der Waals surface area (Å²) in [4.78, 5) is 26.5. The van der Waals surface area contributed by atoms with E-state index in [1.54, 1.807) is 4.90 Å². The average molecular weight is 423 g/mol. The van der Waals surface area contributed by atoms with Crippen LogP contribution in [0.15, 0.2) is 46.9 Å². The number of rotatable bonds is 5. The summed E-state index contributed by atoms with van der Waals surface area (Å²) >= 11 is 3.41. The zero-order valence-corrected chi connectivity index (χ0v) is 15.4. The number of hydrogen-bond acceptors (Lipinski definition) is 2. The van der Waals surface area contributed by atoms with Crippen molar-refractivity contribution in [2.75, 3.05) is 18.0 Å². The maximum Gasteiger partial charge on any atom is 0.239 e. The Bertz CT molecular complexity index is 824. The van der Waals surface area contributed by atoms with Gasteiger partial charge in [-0.05, 0) is 58.6 Å². The van der Waals surface area contributed by atoms with Crippen molar-refractivity contribution in [2.24, 2.45) is 5.92 Å². The van der Waals surface area contributed by atoms with E-state index in [4.69, 9.17) is 0 Å². The molecule has 7 heteroatoms. The van der Waals surface area contributed by atoms with Crippen LogP contribution in [0, 0.1) is 17.6 Å². The lowest BCUT2D eigenvalue weighted by atomic mass is 10.1. The fourth-order valence-corrected chi connectivity index (χ4v) is 3.54. The Kier molecular flexibility index (Phi) is 5.66. The number of halogens is 3. The van der Waals surface area contributed by atoms with Crippen molar-refractivity contribution in [3.8, 4) is 0 Å². The fraction of sp³-hybridized carbons (Fsp3) is 0.263. The van der Waals surface area contributed by atoms with E-state index in [0.717, 1.165) is 16.2 Å². The van der Waals surface area contributed by atoms with Gasteiger partial charge in [0.25, 0.3) is 0 Å². The van der Waals surface area contributed by atoms with Gasteiger partial charge in [-0.15, -0.1) is 0 Å². The lowest BCUT2D eigenvalue weighted by Gasteiger charge is -2.18. The second-order valence-corrected chi connectivity index (χ2v) is 6.96. The molecule has 1 N–H and O–H groups in total. The van der Waals surface area contributed by atoms with Crippen molar-refractivity contribution in [3.63, 3.8) is 0 Å². The lowest BCUT2D eigenvalue weighted by Crippen LogP contribution is -2.37. The number of anilines is 1. The Balaban J connectivity index is 1.57. The van der Waals surface area contributed by atoms with Gasteiger partial charge in [-0.25, -0.2) is 8.78 Å². The molecule has 0 spiro atoms. The molecular weight excluding hydrogens is 406 g/mol. The molecule has 2 aromatic carbocycles. The lowest BCUT2D eigenvalue weighted by molar-refractivity contribution is -0.132. The molecule has 1 saturated heterocycles. The molecule has 2 amide bonds. The van der Waals surface area contributed by atoms with Crippen LogP contribution >= 0.6 is 15.9 Å². The van der Waals surface area contributed by atoms with Gasteiger partial charge in [0.2, 0.25) is 11.8 Å². The van der Waals surface area contributed by atoms with E-state index in [2.05, 4.69) is 21.2 Å². The number of amides is 2. The van der Waals surface area contributed by atoms with Gasteiger partial charge in [0.15, 0.2) is 0 Å². The first-order valence-electron chi connectivity index (χ1n) is 8.24. The Hall–Kier alpha value is -2.28. The zero-order valence-electron chi connectivity index (χ0n) is 13.8. The normalized spacial score (nSPS) is 16.8. The predicted octanol–water partition coefficient (Wildman–Crippen LogP) is 3.44. The quantitative estimate of drug-likeness (QED) is 0.750. The highest BCUT2D eigenvalue weighted by Gasteiger charge is 2.37. The van der Waals surface area contributed by atoms with E-state index < -0.39 is 17.6 Å². The molecule has 0 saturated carbocycles. The molecule has 0 aliphatic carbocycles. The van der Waals surface area contributed by atoms with E-state index >= 15 is 0 Å². The number of nitrogens with zero attached hydrogens (tertiary/aromatic N) is 1. The van der Waals surface area contributed by atoms with E-state index in [0.29, 0.717) is 18.5 Å². The van der Waals surface area contributed by atoms with Crippen LogP contribution in [-0.4, -0.2) is 24.9 Å². The van der Waals surface area contributed by atoms with Gasteiger partial charge in [0, 0.05) is 23.6 Å². The number of nitrogens with one attached hydrogen (secondary N) is 1. The maximum absolute atomic E-state index is 13.2. The maximum atomic E-state index is 13.2. The molecule has 1 unspecified atom stereocenters. The van der Waals surface area contributed by atoms with Gasteiger partial charge in [0.1, 0.15) is 17.6 Å². The standard InChI is InChI=1S/C19H17BrF2N2O2/c20-16-3-1-2-4-17(16)24-8-6-15(19(24)26)18(25)23-7-5-12-9-13(21)11-14(22)10-12/h1-4,9-11,15H,5-8H2,(H,23,25). The van der Waals surface area contributed by atoms with E-state index in [9.17, 15) is 18.4 Å². The SMILES string of the molecule is O=C(NCCc1cc(F)cc(F)c1)C1CCN(c2ccccc2Br)C1=O. The second-order valence-electron chi connectivity index (χ2n) is 6.10. The predicted molar refractivity (Wildman–Crippen MR) is 97.7 cm³/mol. The van der Waals surface area contributed by atoms with Crippen molar-refractivity contribution in [1.82, 2.24) is 5.32 Å². The van der Waals surface area contributed by atoms with Crippen LogP contribution in [0.5, 0.6) is 0 Å². The number of hydrogen-bond donors (Lipinski definition) is 1. The van der Waals surface area contributed by atoms with Crippen LogP contribution in [0.4, 0.5) is 14.5 Å². The minimum Gasteiger partial charge on any atom is -0.355 e. The van der Waals surface area contributed by atoms with Crippen molar-refractivity contribution in [1.29, 1.82) is 0 Å². The molecule has 3 rings (SSSR count). The zero-order chi connectivity index (χ0) is 18.7. The topological polar surface area (TPSA) is 49.4 Å². The van der Waals surface area contributed by atoms with E-state index in [1.165, 1.54) is 12.1 Å². The van der Waals surface area contributed by atoms with Crippen LogP contribution in [0.25, 0.3) is 0 Å². The summed E-state index contributed by atoms with van der Waals surface area (Å²) in [6.07, 6.45) is 0.718. The average Bonchev–Trinajstić information content (AvgIpc) is 2.96. The molecule has 1 heterocycles. The van der Waals surface area contributed by atoms with Crippen LogP contribution in [0.1, 0.15) is 12.0 Å². The third kappa shape index (κ3) is 4.09. The number of benzene rings is 2. The summed E-state index contributed by atoms with van der Waals surface area (Å²) in [7, 11) is 0. The molecule has 136 valence electrons. The van der Waals surface area contributed by atoms with Crippen molar-refractivity contribution in [3.05, 3.63) is 64.1 Å². The summed E-state index contributed by atoms with van der Waals surface area (Å²) in [6.45, 7) is 0.676. The third-order valence-electron chi connectivity index (χ3n) is 4.30. The molecule has 4 nitrogen and oxygen atoms in total. The molecule has 1 aliphatic rings. The molecule has 0 radical (unpaired) electrons. The van der Waals surface area contributed by atoms with Crippen LogP contribution < -0.4 is 10.2 Å². The van der Waals surface area contributed by atoms with E-state index in [-0.39, 0.29) is 24.8 Å². The Morgan fingerprint density at radius 2 is 1.88 bits per heavy atom. The van der Waals surface area contributed by atoms with Crippen LogP contribution in [-0.2, 0) is 16.0 Å². The van der Waals surface area contributed by atoms with Crippen molar-refractivity contribution in [2.45, 2.75) is 12.8 Å². The largest absolute Gasteiger partial charge is 0.355 e. The van der Waals surface area contributed by atoms with Crippen molar-refractivity contribution < 1.29 is 18.4 Å². The van der Waals surface area contributed by atoms with Gasteiger partial charge in [-0.2, -0.15) is 0 Å². The van der Waals surface area contributed by atoms with Crippen LogP contribution in [0.3, 0.4) is 0 Å². The number of carbonyl (C=O) groups excluding carboxylic acids is 2. The van der Waals surface area contributed by atoms with Gasteiger partial charge >= 0.3 is 0 Å². The summed E-state index contributed by atoms with van der Waals surface area (Å²) in [5.74, 6) is -2.65. The molecule has 0 bridgehead atoms. The Morgan fingerprint density at radius 3 is 2.58 bits per heavy atom. The Morgan fingerprint density at radius 1 is 1.19 bits per heavy atom. The van der Waals surface area contributed by atoms with Gasteiger partial charge in [0.05, 0.1) is 5.69 Å². The third-order valence-corrected chi connectivity index (χ3v) is 4.97. The first-order valence-corrected chi connectivity index (χ1v) is 9.03. The minimum absolute atomic E-state index is 0.209. The number of carbonyl (C=O) groups is 2. The smallest absolute Gasteiger partial charge is 0.239 e. The summed E-state index contributed by atoms with van der Waals surface area (Å²) in [6, 6.07) is 10.6. The number of para-hydroxylation sites is 1. The molecule has 2 aromatic rings. The molecular formula is C19H17BrF2N2O2.